The van der Waals surface area contributed by atoms with E-state index in [2.05, 4.69) is 29.0 Å². The number of para-hydroxylation sites is 1. The molecule has 2 aliphatic rings. The number of benzene rings is 1. The van der Waals surface area contributed by atoms with Gasteiger partial charge in [0.15, 0.2) is 5.82 Å². The molecule has 0 amide bonds. The van der Waals surface area contributed by atoms with Gasteiger partial charge >= 0.3 is 0 Å². The molecule has 8 heteroatoms. The monoisotopic (exact) mass is 425 g/mol. The molecule has 2 fully saturated rings. The summed E-state index contributed by atoms with van der Waals surface area (Å²) in [5.74, 6) is 1.89. The van der Waals surface area contributed by atoms with E-state index in [9.17, 15) is 8.42 Å². The molecule has 1 aromatic carbocycles. The van der Waals surface area contributed by atoms with E-state index in [1.165, 1.54) is 0 Å². The normalized spacial score (nSPS) is 21.9. The Balaban J connectivity index is 1.55. The number of aromatic amines is 1. The summed E-state index contributed by atoms with van der Waals surface area (Å²) in [6, 6.07) is 9.09. The Morgan fingerprint density at radius 3 is 2.67 bits per heavy atom. The number of H-pyrrole nitrogens is 1. The molecule has 7 nitrogen and oxygen atoms in total. The standard InChI is InChI=1S/C22H27N5O2S/c1-15(2)20-24-21(26-25-20)17-13-27(14-22(17)10-3-4-11-22)30(28,29)18-9-5-7-16-8-6-12-23-19(16)18/h5-9,12,15,17H,3-4,10-11,13-14H2,1-2H3,(H,24,25,26). The van der Waals surface area contributed by atoms with E-state index < -0.39 is 10.0 Å². The Hall–Kier alpha value is -2.32. The SMILES string of the molecule is CC(C)c1n[nH]c(C2CN(S(=O)(=O)c3cccc4cccnc34)CC23CCCC3)n1. The summed E-state index contributed by atoms with van der Waals surface area (Å²) >= 11 is 0. The van der Waals surface area contributed by atoms with E-state index in [1.807, 2.05) is 18.2 Å². The fourth-order valence-electron chi connectivity index (χ4n) is 5.19. The molecule has 1 atom stereocenters. The van der Waals surface area contributed by atoms with E-state index >= 15 is 0 Å². The average molecular weight is 426 g/mol. The van der Waals surface area contributed by atoms with Gasteiger partial charge in [-0.2, -0.15) is 9.40 Å². The van der Waals surface area contributed by atoms with Gasteiger partial charge in [-0.25, -0.2) is 13.4 Å². The number of fused-ring (bicyclic) bond motifs is 1. The van der Waals surface area contributed by atoms with Crippen LogP contribution >= 0.6 is 0 Å². The summed E-state index contributed by atoms with van der Waals surface area (Å²) in [5, 5.41) is 8.35. The van der Waals surface area contributed by atoms with Crippen molar-refractivity contribution >= 4 is 20.9 Å². The first kappa shape index (κ1) is 19.6. The van der Waals surface area contributed by atoms with Gasteiger partial charge in [-0.3, -0.25) is 10.1 Å². The minimum Gasteiger partial charge on any atom is -0.263 e. The number of aromatic nitrogens is 4. The van der Waals surface area contributed by atoms with Crippen LogP contribution in [0.5, 0.6) is 0 Å². The largest absolute Gasteiger partial charge is 0.263 e. The number of pyridine rings is 1. The van der Waals surface area contributed by atoms with Crippen molar-refractivity contribution in [1.82, 2.24) is 24.5 Å². The van der Waals surface area contributed by atoms with E-state index in [0.717, 1.165) is 42.7 Å². The van der Waals surface area contributed by atoms with Crippen molar-refractivity contribution < 1.29 is 8.42 Å². The molecule has 1 aliphatic heterocycles. The highest BCUT2D eigenvalue weighted by atomic mass is 32.2. The Morgan fingerprint density at radius 2 is 1.93 bits per heavy atom. The molecule has 0 bridgehead atoms. The number of sulfonamides is 1. The highest BCUT2D eigenvalue weighted by Crippen LogP contribution is 2.53. The van der Waals surface area contributed by atoms with Crippen LogP contribution in [0.15, 0.2) is 41.4 Å². The van der Waals surface area contributed by atoms with Gasteiger partial charge in [-0.05, 0) is 30.4 Å². The van der Waals surface area contributed by atoms with Gasteiger partial charge in [0.1, 0.15) is 10.7 Å². The van der Waals surface area contributed by atoms with Crippen LogP contribution in [0.4, 0.5) is 0 Å². The molecule has 3 aromatic rings. The average Bonchev–Trinajstić information content (AvgIpc) is 3.48. The third-order valence-corrected chi connectivity index (χ3v) is 8.64. The van der Waals surface area contributed by atoms with Gasteiger partial charge in [0.25, 0.3) is 0 Å². The van der Waals surface area contributed by atoms with Gasteiger partial charge in [-0.15, -0.1) is 0 Å². The van der Waals surface area contributed by atoms with Crippen LogP contribution in [0.3, 0.4) is 0 Å². The Morgan fingerprint density at radius 1 is 1.17 bits per heavy atom. The third-order valence-electron chi connectivity index (χ3n) is 6.80. The summed E-state index contributed by atoms with van der Waals surface area (Å²) in [5.41, 5.74) is 0.462. The molecule has 1 aliphatic carbocycles. The van der Waals surface area contributed by atoms with Crippen molar-refractivity contribution in [3.8, 4) is 0 Å². The van der Waals surface area contributed by atoms with Crippen molar-refractivity contribution in [2.45, 2.75) is 56.3 Å². The molecule has 1 saturated heterocycles. The van der Waals surface area contributed by atoms with Crippen LogP contribution in [0, 0.1) is 5.41 Å². The molecule has 5 rings (SSSR count). The van der Waals surface area contributed by atoms with Gasteiger partial charge in [0.2, 0.25) is 10.0 Å². The van der Waals surface area contributed by atoms with Crippen LogP contribution in [-0.2, 0) is 10.0 Å². The van der Waals surface area contributed by atoms with Gasteiger partial charge < -0.3 is 0 Å². The molecule has 1 spiro atoms. The van der Waals surface area contributed by atoms with Gasteiger partial charge in [0.05, 0.1) is 5.52 Å². The molecule has 2 aromatic heterocycles. The van der Waals surface area contributed by atoms with Crippen molar-refractivity contribution in [2.75, 3.05) is 13.1 Å². The zero-order valence-corrected chi connectivity index (χ0v) is 18.2. The molecule has 1 N–H and O–H groups in total. The summed E-state index contributed by atoms with van der Waals surface area (Å²) < 4.78 is 29.1. The smallest absolute Gasteiger partial charge is 0.245 e. The zero-order valence-electron chi connectivity index (χ0n) is 17.4. The summed E-state index contributed by atoms with van der Waals surface area (Å²) in [7, 11) is -3.67. The Bertz CT molecular complexity index is 1180. The molecule has 1 saturated carbocycles. The highest BCUT2D eigenvalue weighted by molar-refractivity contribution is 7.89. The minimum absolute atomic E-state index is 0.0395. The molecular formula is C22H27N5O2S. The number of hydrogen-bond acceptors (Lipinski definition) is 5. The molecule has 3 heterocycles. The maximum Gasteiger partial charge on any atom is 0.245 e. The first-order valence-electron chi connectivity index (χ1n) is 10.7. The predicted molar refractivity (Wildman–Crippen MR) is 115 cm³/mol. The minimum atomic E-state index is -3.67. The van der Waals surface area contributed by atoms with Crippen LogP contribution in [0.2, 0.25) is 0 Å². The predicted octanol–water partition coefficient (Wildman–Crippen LogP) is 3.82. The Labute approximate surface area is 177 Å². The summed E-state index contributed by atoms with van der Waals surface area (Å²) in [6.07, 6.45) is 5.95. The van der Waals surface area contributed by atoms with E-state index in [-0.39, 0.29) is 22.1 Å². The lowest BCUT2D eigenvalue weighted by Crippen LogP contribution is -2.31. The van der Waals surface area contributed by atoms with Crippen molar-refractivity contribution in [3.05, 3.63) is 48.2 Å². The topological polar surface area (TPSA) is 91.8 Å². The Kier molecular flexibility index (Phi) is 4.67. The number of rotatable bonds is 4. The number of hydrogen-bond donors (Lipinski definition) is 1. The van der Waals surface area contributed by atoms with Crippen molar-refractivity contribution in [1.29, 1.82) is 0 Å². The quantitative estimate of drug-likeness (QED) is 0.686. The fourth-order valence-corrected chi connectivity index (χ4v) is 6.91. The van der Waals surface area contributed by atoms with Gasteiger partial charge in [-0.1, -0.05) is 44.9 Å². The van der Waals surface area contributed by atoms with Crippen LogP contribution < -0.4 is 0 Å². The first-order valence-corrected chi connectivity index (χ1v) is 12.1. The molecular weight excluding hydrogens is 398 g/mol. The molecule has 1 unspecified atom stereocenters. The highest BCUT2D eigenvalue weighted by Gasteiger charge is 2.53. The van der Waals surface area contributed by atoms with Crippen LogP contribution in [-0.4, -0.2) is 46.0 Å². The number of nitrogens with zero attached hydrogens (tertiary/aromatic N) is 4. The lowest BCUT2D eigenvalue weighted by atomic mass is 9.76. The van der Waals surface area contributed by atoms with Gasteiger partial charge in [0, 0.05) is 36.5 Å². The second kappa shape index (κ2) is 7.13. The number of nitrogens with one attached hydrogen (secondary N) is 1. The lowest BCUT2D eigenvalue weighted by molar-refractivity contribution is 0.277. The van der Waals surface area contributed by atoms with Crippen LogP contribution in [0.1, 0.15) is 63.0 Å². The van der Waals surface area contributed by atoms with Crippen molar-refractivity contribution in [3.63, 3.8) is 0 Å². The van der Waals surface area contributed by atoms with Crippen molar-refractivity contribution in [2.24, 2.45) is 5.41 Å². The first-order chi connectivity index (χ1) is 14.4. The maximum atomic E-state index is 13.7. The molecule has 0 radical (unpaired) electrons. The van der Waals surface area contributed by atoms with Crippen LogP contribution in [0.25, 0.3) is 10.9 Å². The molecule has 30 heavy (non-hydrogen) atoms. The van der Waals surface area contributed by atoms with E-state index in [1.54, 1.807) is 22.6 Å². The summed E-state index contributed by atoms with van der Waals surface area (Å²) in [4.78, 5) is 9.41. The van der Waals surface area contributed by atoms with E-state index in [0.29, 0.717) is 18.6 Å². The fraction of sp³-hybridized carbons (Fsp3) is 0.500. The lowest BCUT2D eigenvalue weighted by Gasteiger charge is -2.28. The van der Waals surface area contributed by atoms with E-state index in [4.69, 9.17) is 4.98 Å². The maximum absolute atomic E-state index is 13.7. The second-order valence-electron chi connectivity index (χ2n) is 8.98. The third kappa shape index (κ3) is 3.04. The summed E-state index contributed by atoms with van der Waals surface area (Å²) in [6.45, 7) is 5.09. The second-order valence-corrected chi connectivity index (χ2v) is 10.9. The molecule has 158 valence electrons. The zero-order chi connectivity index (χ0) is 20.9.